The van der Waals surface area contributed by atoms with E-state index in [0.29, 0.717) is 16.9 Å². The lowest BCUT2D eigenvalue weighted by Gasteiger charge is -2.13. The zero-order valence-electron chi connectivity index (χ0n) is 19.2. The van der Waals surface area contributed by atoms with E-state index >= 15 is 0 Å². The van der Waals surface area contributed by atoms with Crippen LogP contribution in [0.15, 0.2) is 76.4 Å². The fourth-order valence-corrected chi connectivity index (χ4v) is 5.22. The summed E-state index contributed by atoms with van der Waals surface area (Å²) < 4.78 is 31.7. The summed E-state index contributed by atoms with van der Waals surface area (Å²) >= 11 is 0. The highest BCUT2D eigenvalue weighted by molar-refractivity contribution is 7.92. The number of imidazole rings is 1. The van der Waals surface area contributed by atoms with Crippen LogP contribution in [0.1, 0.15) is 17.5 Å². The first-order valence-corrected chi connectivity index (χ1v) is 12.3. The monoisotopic (exact) mass is 478 g/mol. The van der Waals surface area contributed by atoms with Crippen LogP contribution in [0.2, 0.25) is 0 Å². The van der Waals surface area contributed by atoms with Gasteiger partial charge in [-0.15, -0.1) is 0 Å². The van der Waals surface area contributed by atoms with E-state index in [1.54, 1.807) is 53.4 Å². The second-order valence-corrected chi connectivity index (χ2v) is 9.89. The molecule has 0 aliphatic heterocycles. The second-order valence-electron chi connectivity index (χ2n) is 8.24. The molecule has 1 aromatic heterocycles. The van der Waals surface area contributed by atoms with E-state index < -0.39 is 10.0 Å². The van der Waals surface area contributed by atoms with Crippen molar-refractivity contribution in [1.82, 2.24) is 9.13 Å². The number of rotatable bonds is 7. The van der Waals surface area contributed by atoms with Crippen LogP contribution in [-0.4, -0.2) is 23.5 Å². The number of amides is 1. The minimum absolute atomic E-state index is 0.0609. The van der Waals surface area contributed by atoms with Gasteiger partial charge in [0.1, 0.15) is 0 Å². The number of nitrogens with one attached hydrogen (secondary N) is 2. The van der Waals surface area contributed by atoms with Crippen molar-refractivity contribution in [1.29, 1.82) is 0 Å². The first kappa shape index (κ1) is 23.3. The number of aryl methyl sites for hydroxylation is 4. The Morgan fingerprint density at radius 1 is 0.912 bits per heavy atom. The molecular formula is C25H26N4O4S. The molecule has 34 heavy (non-hydrogen) atoms. The maximum absolute atomic E-state index is 13.0. The fraction of sp³-hybridized carbons (Fsp3) is 0.200. The summed E-state index contributed by atoms with van der Waals surface area (Å²) in [6, 6.07) is 19.2. The minimum Gasteiger partial charge on any atom is -0.326 e. The Bertz CT molecular complexity index is 1550. The zero-order chi connectivity index (χ0) is 24.5. The highest BCUT2D eigenvalue weighted by Gasteiger charge is 2.19. The molecular weight excluding hydrogens is 452 g/mol. The third-order valence-electron chi connectivity index (χ3n) is 5.65. The number of sulfonamides is 1. The zero-order valence-corrected chi connectivity index (χ0v) is 20.0. The number of fused-ring (bicyclic) bond motifs is 1. The molecule has 0 aliphatic carbocycles. The van der Waals surface area contributed by atoms with Gasteiger partial charge in [0.2, 0.25) is 5.91 Å². The third-order valence-corrected chi connectivity index (χ3v) is 7.17. The topological polar surface area (TPSA) is 102 Å². The van der Waals surface area contributed by atoms with Gasteiger partial charge in [-0.05, 0) is 61.4 Å². The Labute approximate surface area is 197 Å². The predicted octanol–water partition coefficient (Wildman–Crippen LogP) is 3.79. The minimum atomic E-state index is -3.85. The summed E-state index contributed by atoms with van der Waals surface area (Å²) in [4.78, 5) is 25.2. The van der Waals surface area contributed by atoms with Gasteiger partial charge in [0.05, 0.1) is 15.9 Å². The third kappa shape index (κ3) is 4.74. The van der Waals surface area contributed by atoms with Gasteiger partial charge in [0, 0.05) is 31.4 Å². The summed E-state index contributed by atoms with van der Waals surface area (Å²) in [5.74, 6) is -0.321. The molecule has 2 N–H and O–H groups in total. The number of anilines is 2. The molecule has 4 rings (SSSR count). The van der Waals surface area contributed by atoms with Crippen molar-refractivity contribution in [3.63, 3.8) is 0 Å². The van der Waals surface area contributed by atoms with E-state index in [1.807, 2.05) is 37.3 Å². The SMILES string of the molecule is Cc1cccc(NS(=O)(=O)c2cc(NC(=O)CCn3c(=O)n(C)c4ccccc43)ccc2C)c1. The average Bonchev–Trinajstić information content (AvgIpc) is 3.03. The van der Waals surface area contributed by atoms with Gasteiger partial charge >= 0.3 is 5.69 Å². The largest absolute Gasteiger partial charge is 0.328 e. The molecule has 3 aromatic carbocycles. The van der Waals surface area contributed by atoms with Crippen molar-refractivity contribution in [3.05, 3.63) is 88.3 Å². The van der Waals surface area contributed by atoms with E-state index in [-0.39, 0.29) is 29.5 Å². The molecule has 0 saturated heterocycles. The summed E-state index contributed by atoms with van der Waals surface area (Å²) in [7, 11) is -2.16. The van der Waals surface area contributed by atoms with E-state index in [4.69, 9.17) is 0 Å². The van der Waals surface area contributed by atoms with Crippen LogP contribution in [0.3, 0.4) is 0 Å². The number of hydrogen-bond acceptors (Lipinski definition) is 4. The van der Waals surface area contributed by atoms with Crippen molar-refractivity contribution in [2.24, 2.45) is 7.05 Å². The Morgan fingerprint density at radius 3 is 2.38 bits per heavy atom. The molecule has 0 radical (unpaired) electrons. The van der Waals surface area contributed by atoms with Gasteiger partial charge in [-0.25, -0.2) is 13.2 Å². The van der Waals surface area contributed by atoms with E-state index in [9.17, 15) is 18.0 Å². The van der Waals surface area contributed by atoms with Crippen LogP contribution in [-0.2, 0) is 28.4 Å². The van der Waals surface area contributed by atoms with E-state index in [1.165, 1.54) is 6.07 Å². The molecule has 8 nitrogen and oxygen atoms in total. The Hall–Kier alpha value is -3.85. The number of aromatic nitrogens is 2. The van der Waals surface area contributed by atoms with Gasteiger partial charge in [-0.1, -0.05) is 30.3 Å². The van der Waals surface area contributed by atoms with Crippen LogP contribution in [0.25, 0.3) is 11.0 Å². The van der Waals surface area contributed by atoms with Gasteiger partial charge in [-0.3, -0.25) is 18.7 Å². The lowest BCUT2D eigenvalue weighted by atomic mass is 10.2. The molecule has 4 aromatic rings. The van der Waals surface area contributed by atoms with E-state index in [0.717, 1.165) is 16.6 Å². The Morgan fingerprint density at radius 2 is 1.65 bits per heavy atom. The van der Waals surface area contributed by atoms with Crippen molar-refractivity contribution in [3.8, 4) is 0 Å². The molecule has 1 heterocycles. The predicted molar refractivity (Wildman–Crippen MR) is 134 cm³/mol. The number of para-hydroxylation sites is 2. The molecule has 176 valence electrons. The molecule has 0 fully saturated rings. The second kappa shape index (κ2) is 9.18. The molecule has 0 bridgehead atoms. The average molecular weight is 479 g/mol. The van der Waals surface area contributed by atoms with Crippen LogP contribution in [0, 0.1) is 13.8 Å². The Balaban J connectivity index is 1.50. The van der Waals surface area contributed by atoms with Crippen LogP contribution >= 0.6 is 0 Å². The van der Waals surface area contributed by atoms with Crippen molar-refractivity contribution >= 4 is 38.3 Å². The van der Waals surface area contributed by atoms with E-state index in [2.05, 4.69) is 10.0 Å². The summed E-state index contributed by atoms with van der Waals surface area (Å²) in [5.41, 5.74) is 3.68. The fourth-order valence-electron chi connectivity index (χ4n) is 3.90. The molecule has 0 spiro atoms. The van der Waals surface area contributed by atoms with Gasteiger partial charge in [0.15, 0.2) is 0 Å². The standard InChI is InChI=1S/C25H26N4O4S/c1-17-7-6-8-20(15-17)27-34(32,33)23-16-19(12-11-18(23)2)26-24(30)13-14-29-22-10-5-4-9-21(22)28(3)25(29)31/h4-12,15-16,27H,13-14H2,1-3H3,(H,26,30). The summed E-state index contributed by atoms with van der Waals surface area (Å²) in [5, 5.41) is 2.75. The number of nitrogens with zero attached hydrogens (tertiary/aromatic N) is 2. The molecule has 0 saturated carbocycles. The number of carbonyl (C=O) groups excluding carboxylic acids is 1. The normalized spacial score (nSPS) is 11.5. The summed E-state index contributed by atoms with van der Waals surface area (Å²) in [6.45, 7) is 3.78. The highest BCUT2D eigenvalue weighted by atomic mass is 32.2. The maximum Gasteiger partial charge on any atom is 0.328 e. The Kier molecular flexibility index (Phi) is 6.30. The van der Waals surface area contributed by atoms with Crippen molar-refractivity contribution in [2.75, 3.05) is 10.0 Å². The van der Waals surface area contributed by atoms with Crippen molar-refractivity contribution < 1.29 is 13.2 Å². The first-order chi connectivity index (χ1) is 16.2. The van der Waals surface area contributed by atoms with Gasteiger partial charge in [0.25, 0.3) is 10.0 Å². The highest BCUT2D eigenvalue weighted by Crippen LogP contribution is 2.23. The summed E-state index contributed by atoms with van der Waals surface area (Å²) in [6.07, 6.45) is 0.0609. The maximum atomic E-state index is 13.0. The first-order valence-electron chi connectivity index (χ1n) is 10.8. The van der Waals surface area contributed by atoms with Crippen molar-refractivity contribution in [2.45, 2.75) is 31.7 Å². The molecule has 9 heteroatoms. The number of benzene rings is 3. The smallest absolute Gasteiger partial charge is 0.326 e. The van der Waals surface area contributed by atoms with Gasteiger partial charge in [-0.2, -0.15) is 0 Å². The number of hydrogen-bond donors (Lipinski definition) is 2. The van der Waals surface area contributed by atoms with Crippen LogP contribution in [0.5, 0.6) is 0 Å². The lowest BCUT2D eigenvalue weighted by molar-refractivity contribution is -0.116. The number of carbonyl (C=O) groups is 1. The molecule has 0 atom stereocenters. The molecule has 0 unspecified atom stereocenters. The molecule has 0 aliphatic rings. The lowest BCUT2D eigenvalue weighted by Crippen LogP contribution is -2.24. The van der Waals surface area contributed by atoms with Gasteiger partial charge < -0.3 is 5.32 Å². The van der Waals surface area contributed by atoms with Crippen LogP contribution < -0.4 is 15.7 Å². The quantitative estimate of drug-likeness (QED) is 0.422. The van der Waals surface area contributed by atoms with Crippen LogP contribution in [0.4, 0.5) is 11.4 Å². The molecule has 1 amide bonds.